The lowest BCUT2D eigenvalue weighted by molar-refractivity contribution is -0.120. The maximum atomic E-state index is 12.3. The molecule has 0 radical (unpaired) electrons. The van der Waals surface area contributed by atoms with Crippen molar-refractivity contribution in [3.05, 3.63) is 69.3 Å². The van der Waals surface area contributed by atoms with Gasteiger partial charge >= 0.3 is 0 Å². The van der Waals surface area contributed by atoms with Crippen LogP contribution in [-0.4, -0.2) is 22.5 Å². The lowest BCUT2D eigenvalue weighted by atomic mass is 10.2. The van der Waals surface area contributed by atoms with E-state index in [0.29, 0.717) is 30.7 Å². The fraction of sp³-hybridized carbons (Fsp3) is 0.286. The van der Waals surface area contributed by atoms with Crippen LogP contribution in [-0.2, 0) is 24.4 Å². The highest BCUT2D eigenvalue weighted by molar-refractivity contribution is 7.09. The molecule has 0 bridgehead atoms. The molecule has 0 aliphatic rings. The molecule has 0 fully saturated rings. The first kappa shape index (κ1) is 21.1. The molecule has 0 atom stereocenters. The average molecular weight is 432 g/mol. The number of pyridine rings is 1. The summed E-state index contributed by atoms with van der Waals surface area (Å²) in [6.07, 6.45) is 2.79. The zero-order valence-corrected chi connectivity index (χ0v) is 17.6. The van der Waals surface area contributed by atoms with Crippen molar-refractivity contribution in [1.29, 1.82) is 0 Å². The predicted octanol–water partition coefficient (Wildman–Crippen LogP) is 4.42. The summed E-state index contributed by atoms with van der Waals surface area (Å²) in [6.45, 7) is 3.34. The fourth-order valence-corrected chi connectivity index (χ4v) is 3.31. The van der Waals surface area contributed by atoms with Crippen LogP contribution in [0, 0.1) is 0 Å². The number of carbonyl (C=O) groups is 1. The molecule has 29 heavy (non-hydrogen) atoms. The molecular formula is C21H22ClN3O3S. The van der Waals surface area contributed by atoms with Crippen LogP contribution >= 0.6 is 22.9 Å². The van der Waals surface area contributed by atoms with Crippen molar-refractivity contribution in [1.82, 2.24) is 15.3 Å². The summed E-state index contributed by atoms with van der Waals surface area (Å²) in [5.41, 5.74) is 1.57. The van der Waals surface area contributed by atoms with Gasteiger partial charge in [0.1, 0.15) is 17.4 Å². The van der Waals surface area contributed by atoms with E-state index < -0.39 is 0 Å². The molecule has 1 amide bonds. The Labute approximate surface area is 178 Å². The molecule has 1 N–H and O–H groups in total. The maximum absolute atomic E-state index is 12.3. The Bertz CT molecular complexity index is 931. The average Bonchev–Trinajstić information content (AvgIpc) is 3.18. The van der Waals surface area contributed by atoms with Gasteiger partial charge in [0, 0.05) is 28.7 Å². The molecule has 0 saturated heterocycles. The van der Waals surface area contributed by atoms with E-state index in [4.69, 9.17) is 21.1 Å². The third kappa shape index (κ3) is 6.73. The first-order chi connectivity index (χ1) is 14.1. The van der Waals surface area contributed by atoms with E-state index in [9.17, 15) is 4.79 Å². The van der Waals surface area contributed by atoms with E-state index in [1.165, 1.54) is 11.3 Å². The number of nitrogens with zero attached hydrogens (tertiary/aromatic N) is 2. The first-order valence-electron chi connectivity index (χ1n) is 9.29. The standard InChI is InChI=1S/C21H22ClN3O3S/c1-2-10-27-21-15(4-3-9-23-21)12-24-19(26)11-17-14-29-20(25-17)13-28-18-7-5-16(22)6-8-18/h3-9,14H,2,10-13H2,1H3,(H,24,26). The molecule has 0 saturated carbocycles. The number of hydrogen-bond acceptors (Lipinski definition) is 6. The molecule has 2 aromatic heterocycles. The van der Waals surface area contributed by atoms with Crippen LogP contribution in [0.4, 0.5) is 0 Å². The molecule has 152 valence electrons. The zero-order valence-electron chi connectivity index (χ0n) is 16.1. The minimum Gasteiger partial charge on any atom is -0.486 e. The van der Waals surface area contributed by atoms with Crippen LogP contribution in [0.15, 0.2) is 48.0 Å². The van der Waals surface area contributed by atoms with E-state index >= 15 is 0 Å². The Hall–Kier alpha value is -2.64. The van der Waals surface area contributed by atoms with Crippen LogP contribution in [0.5, 0.6) is 11.6 Å². The van der Waals surface area contributed by atoms with Crippen molar-refractivity contribution in [3.63, 3.8) is 0 Å². The summed E-state index contributed by atoms with van der Waals surface area (Å²) < 4.78 is 11.3. The van der Waals surface area contributed by atoms with Crippen LogP contribution in [0.1, 0.15) is 29.6 Å². The Balaban J connectivity index is 1.47. The van der Waals surface area contributed by atoms with Crippen molar-refractivity contribution in [2.24, 2.45) is 0 Å². The summed E-state index contributed by atoms with van der Waals surface area (Å²) in [5.74, 6) is 1.18. The molecule has 0 aliphatic carbocycles. The van der Waals surface area contributed by atoms with Crippen molar-refractivity contribution in [3.8, 4) is 11.6 Å². The predicted molar refractivity (Wildman–Crippen MR) is 113 cm³/mol. The molecule has 0 aliphatic heterocycles. The Morgan fingerprint density at radius 2 is 2.03 bits per heavy atom. The number of halogens is 1. The monoisotopic (exact) mass is 431 g/mol. The highest BCUT2D eigenvalue weighted by Gasteiger charge is 2.10. The van der Waals surface area contributed by atoms with Gasteiger partial charge in [-0.3, -0.25) is 4.79 Å². The smallest absolute Gasteiger partial charge is 0.226 e. The van der Waals surface area contributed by atoms with Gasteiger partial charge in [0.25, 0.3) is 0 Å². The molecule has 2 heterocycles. The highest BCUT2D eigenvalue weighted by atomic mass is 35.5. The van der Waals surface area contributed by atoms with Crippen LogP contribution in [0.2, 0.25) is 5.02 Å². The van der Waals surface area contributed by atoms with Crippen LogP contribution in [0.3, 0.4) is 0 Å². The molecule has 0 spiro atoms. The number of carbonyl (C=O) groups excluding carboxylic acids is 1. The van der Waals surface area contributed by atoms with Crippen molar-refractivity contribution in [2.45, 2.75) is 32.9 Å². The third-order valence-corrected chi connectivity index (χ3v) is 5.01. The molecular weight excluding hydrogens is 410 g/mol. The SMILES string of the molecule is CCCOc1ncccc1CNC(=O)Cc1csc(COc2ccc(Cl)cc2)n1. The Morgan fingerprint density at radius 3 is 2.83 bits per heavy atom. The fourth-order valence-electron chi connectivity index (χ4n) is 2.48. The minimum absolute atomic E-state index is 0.106. The second-order valence-corrected chi connectivity index (χ2v) is 7.62. The second kappa shape index (κ2) is 10.8. The summed E-state index contributed by atoms with van der Waals surface area (Å²) in [5, 5.41) is 6.25. The summed E-state index contributed by atoms with van der Waals surface area (Å²) in [6, 6.07) is 10.9. The van der Waals surface area contributed by atoms with E-state index in [1.54, 1.807) is 30.5 Å². The largest absolute Gasteiger partial charge is 0.486 e. The van der Waals surface area contributed by atoms with Gasteiger partial charge in [0.2, 0.25) is 11.8 Å². The molecule has 1 aromatic carbocycles. The number of thiazole rings is 1. The number of ether oxygens (including phenoxy) is 2. The number of rotatable bonds is 10. The highest BCUT2D eigenvalue weighted by Crippen LogP contribution is 2.19. The van der Waals surface area contributed by atoms with Gasteiger partial charge in [0.15, 0.2) is 0 Å². The second-order valence-electron chi connectivity index (χ2n) is 6.24. The molecule has 8 heteroatoms. The molecule has 3 rings (SSSR count). The van der Waals surface area contributed by atoms with E-state index in [-0.39, 0.29) is 12.3 Å². The Kier molecular flexibility index (Phi) is 7.84. The third-order valence-electron chi connectivity index (χ3n) is 3.89. The van der Waals surface area contributed by atoms with Gasteiger partial charge in [-0.25, -0.2) is 9.97 Å². The first-order valence-corrected chi connectivity index (χ1v) is 10.5. The maximum Gasteiger partial charge on any atom is 0.226 e. The van der Waals surface area contributed by atoms with Gasteiger partial charge in [-0.1, -0.05) is 24.6 Å². The quantitative estimate of drug-likeness (QED) is 0.514. The molecule has 0 unspecified atom stereocenters. The van der Waals surface area contributed by atoms with Gasteiger partial charge in [0.05, 0.1) is 18.7 Å². The van der Waals surface area contributed by atoms with Gasteiger partial charge in [-0.05, 0) is 36.8 Å². The summed E-state index contributed by atoms with van der Waals surface area (Å²) in [7, 11) is 0. The zero-order chi connectivity index (χ0) is 20.5. The number of nitrogens with one attached hydrogen (secondary N) is 1. The number of aromatic nitrogens is 2. The lowest BCUT2D eigenvalue weighted by Crippen LogP contribution is -2.25. The minimum atomic E-state index is -0.106. The van der Waals surface area contributed by atoms with Crippen LogP contribution in [0.25, 0.3) is 0 Å². The van der Waals surface area contributed by atoms with Crippen LogP contribution < -0.4 is 14.8 Å². The molecule has 6 nitrogen and oxygen atoms in total. The summed E-state index contributed by atoms with van der Waals surface area (Å²) >= 11 is 7.33. The lowest BCUT2D eigenvalue weighted by Gasteiger charge is -2.10. The number of hydrogen-bond donors (Lipinski definition) is 1. The van der Waals surface area contributed by atoms with Crippen molar-refractivity contribution in [2.75, 3.05) is 6.61 Å². The molecule has 3 aromatic rings. The van der Waals surface area contributed by atoms with Gasteiger partial charge < -0.3 is 14.8 Å². The van der Waals surface area contributed by atoms with Gasteiger partial charge in [-0.15, -0.1) is 11.3 Å². The normalized spacial score (nSPS) is 10.6. The Morgan fingerprint density at radius 1 is 1.21 bits per heavy atom. The summed E-state index contributed by atoms with van der Waals surface area (Å²) in [4.78, 5) is 21.0. The van der Waals surface area contributed by atoms with E-state index in [1.807, 2.05) is 24.4 Å². The topological polar surface area (TPSA) is 73.3 Å². The number of amides is 1. The van der Waals surface area contributed by atoms with Crippen molar-refractivity contribution < 1.29 is 14.3 Å². The van der Waals surface area contributed by atoms with Gasteiger partial charge in [-0.2, -0.15) is 0 Å². The van der Waals surface area contributed by atoms with Crippen molar-refractivity contribution >= 4 is 28.8 Å². The van der Waals surface area contributed by atoms with E-state index in [0.717, 1.165) is 28.4 Å². The van der Waals surface area contributed by atoms with E-state index in [2.05, 4.69) is 15.3 Å². The number of benzene rings is 1.